The molecule has 2 aliphatic carbocycles. The Morgan fingerprint density at radius 2 is 1.58 bits per heavy atom. The van der Waals surface area contributed by atoms with Crippen LogP contribution in [0.1, 0.15) is 69.2 Å². The average Bonchev–Trinajstić information content (AvgIpc) is 3.39. The first kappa shape index (κ1) is 16.9. The quantitative estimate of drug-likeness (QED) is 0.433. The molecule has 0 N–H and O–H groups in total. The second-order valence-electron chi connectivity index (χ2n) is 7.45. The van der Waals surface area contributed by atoms with Crippen molar-refractivity contribution in [3.05, 3.63) is 70.8 Å². The lowest BCUT2D eigenvalue weighted by molar-refractivity contribution is 0.0766. The number of rotatable bonds is 6. The summed E-state index contributed by atoms with van der Waals surface area (Å²) < 4.78 is 0. The van der Waals surface area contributed by atoms with Crippen LogP contribution in [-0.2, 0) is 6.42 Å². The van der Waals surface area contributed by atoms with Gasteiger partial charge in [-0.25, -0.2) is 0 Å². The largest absolute Gasteiger partial charge is 0.294 e. The minimum absolute atomic E-state index is 0.0837. The number of unbranched alkanes of at least 4 members (excludes halogenated alkanes) is 2. The molecular weight excluding hydrogens is 324 g/mol. The zero-order valence-electron chi connectivity index (χ0n) is 15.0. The summed E-state index contributed by atoms with van der Waals surface area (Å²) >= 11 is 0. The number of carbonyl (C=O) groups is 3. The van der Waals surface area contributed by atoms with Gasteiger partial charge < -0.3 is 0 Å². The molecule has 2 aromatic carbocycles. The van der Waals surface area contributed by atoms with Gasteiger partial charge in [0, 0.05) is 22.6 Å². The van der Waals surface area contributed by atoms with Crippen molar-refractivity contribution in [3.63, 3.8) is 0 Å². The first-order valence-corrected chi connectivity index (χ1v) is 9.41. The van der Waals surface area contributed by atoms with Crippen molar-refractivity contribution in [1.29, 1.82) is 0 Å². The molecule has 4 rings (SSSR count). The SMILES string of the molecule is CCCCCc1ccc(C(=O)C2CC23C(=O)c2ccccc2C3=O)cc1. The second kappa shape index (κ2) is 6.31. The van der Waals surface area contributed by atoms with Crippen LogP contribution in [0.4, 0.5) is 0 Å². The van der Waals surface area contributed by atoms with E-state index >= 15 is 0 Å². The number of Topliss-reactive ketones (excluding diaryl/α,β-unsaturated/α-hetero) is 3. The van der Waals surface area contributed by atoms with Gasteiger partial charge in [-0.15, -0.1) is 0 Å². The fraction of sp³-hybridized carbons (Fsp3) is 0.348. The minimum Gasteiger partial charge on any atom is -0.294 e. The fourth-order valence-corrected chi connectivity index (χ4v) is 4.16. The van der Waals surface area contributed by atoms with Gasteiger partial charge in [0.25, 0.3) is 0 Å². The van der Waals surface area contributed by atoms with Crippen molar-refractivity contribution < 1.29 is 14.4 Å². The standard InChI is InChI=1S/C23H22O3/c1-2-3-4-7-15-10-12-16(13-11-15)20(24)19-14-23(19)21(25)17-8-5-6-9-18(17)22(23)26/h5-6,8-13,19H,2-4,7,14H2,1H3. The fourth-order valence-electron chi connectivity index (χ4n) is 4.16. The van der Waals surface area contributed by atoms with Gasteiger partial charge in [-0.2, -0.15) is 0 Å². The lowest BCUT2D eigenvalue weighted by Gasteiger charge is -2.07. The highest BCUT2D eigenvalue weighted by Crippen LogP contribution is 2.61. The highest BCUT2D eigenvalue weighted by atomic mass is 16.2. The highest BCUT2D eigenvalue weighted by Gasteiger charge is 2.71. The predicted octanol–water partition coefficient (Wildman–Crippen LogP) is 4.69. The summed E-state index contributed by atoms with van der Waals surface area (Å²) in [6.07, 6.45) is 4.90. The van der Waals surface area contributed by atoms with E-state index in [1.54, 1.807) is 24.3 Å². The molecule has 2 aliphatic rings. The van der Waals surface area contributed by atoms with Gasteiger partial charge in [0.2, 0.25) is 0 Å². The van der Waals surface area contributed by atoms with Crippen molar-refractivity contribution in [1.82, 2.24) is 0 Å². The summed E-state index contributed by atoms with van der Waals surface area (Å²) in [5.74, 6) is -0.944. The van der Waals surface area contributed by atoms with Crippen LogP contribution in [-0.4, -0.2) is 17.3 Å². The van der Waals surface area contributed by atoms with Crippen LogP contribution in [0.2, 0.25) is 0 Å². The molecule has 0 saturated heterocycles. The number of fused-ring (bicyclic) bond motifs is 1. The molecule has 1 unspecified atom stereocenters. The van der Waals surface area contributed by atoms with Gasteiger partial charge in [-0.1, -0.05) is 68.3 Å². The van der Waals surface area contributed by atoms with Crippen LogP contribution in [0.25, 0.3) is 0 Å². The van der Waals surface area contributed by atoms with Crippen LogP contribution >= 0.6 is 0 Å². The van der Waals surface area contributed by atoms with E-state index in [1.807, 2.05) is 24.3 Å². The number of hydrogen-bond acceptors (Lipinski definition) is 3. The molecule has 3 heteroatoms. The number of aryl methyl sites for hydroxylation is 1. The van der Waals surface area contributed by atoms with E-state index in [9.17, 15) is 14.4 Å². The van der Waals surface area contributed by atoms with Gasteiger partial charge in [0.15, 0.2) is 17.3 Å². The Morgan fingerprint density at radius 1 is 0.962 bits per heavy atom. The molecule has 0 heterocycles. The average molecular weight is 346 g/mol. The molecule has 1 fully saturated rings. The van der Waals surface area contributed by atoms with Gasteiger partial charge in [-0.05, 0) is 24.8 Å². The third-order valence-corrected chi connectivity index (χ3v) is 5.81. The molecule has 0 radical (unpaired) electrons. The number of hydrogen-bond donors (Lipinski definition) is 0. The van der Waals surface area contributed by atoms with Crippen LogP contribution in [0, 0.1) is 11.3 Å². The molecule has 0 aliphatic heterocycles. The Bertz CT molecular complexity index is 857. The van der Waals surface area contributed by atoms with Crippen molar-refractivity contribution >= 4 is 17.3 Å². The van der Waals surface area contributed by atoms with Gasteiger partial charge in [0.05, 0.1) is 0 Å². The Hall–Kier alpha value is -2.55. The predicted molar refractivity (Wildman–Crippen MR) is 99.6 cm³/mol. The van der Waals surface area contributed by atoms with Crippen molar-refractivity contribution in [2.24, 2.45) is 11.3 Å². The van der Waals surface area contributed by atoms with E-state index < -0.39 is 11.3 Å². The molecule has 0 amide bonds. The second-order valence-corrected chi connectivity index (χ2v) is 7.45. The third kappa shape index (κ3) is 2.45. The number of benzene rings is 2. The molecule has 132 valence electrons. The first-order chi connectivity index (χ1) is 12.6. The summed E-state index contributed by atoms with van der Waals surface area (Å²) in [7, 11) is 0. The normalized spacial score (nSPS) is 19.7. The van der Waals surface area contributed by atoms with Crippen molar-refractivity contribution in [2.75, 3.05) is 0 Å². The van der Waals surface area contributed by atoms with Crippen LogP contribution < -0.4 is 0 Å². The van der Waals surface area contributed by atoms with Gasteiger partial charge >= 0.3 is 0 Å². The molecule has 0 bridgehead atoms. The van der Waals surface area contributed by atoms with E-state index in [0.29, 0.717) is 23.1 Å². The zero-order valence-corrected chi connectivity index (χ0v) is 15.0. The summed E-state index contributed by atoms with van der Waals surface area (Å²) in [6.45, 7) is 2.18. The molecule has 1 atom stereocenters. The smallest absolute Gasteiger partial charge is 0.178 e. The topological polar surface area (TPSA) is 51.2 Å². The van der Waals surface area contributed by atoms with Crippen LogP contribution in [0.3, 0.4) is 0 Å². The molecule has 3 nitrogen and oxygen atoms in total. The van der Waals surface area contributed by atoms with Gasteiger partial charge in [-0.3, -0.25) is 14.4 Å². The van der Waals surface area contributed by atoms with Crippen LogP contribution in [0.15, 0.2) is 48.5 Å². The van der Waals surface area contributed by atoms with Crippen LogP contribution in [0.5, 0.6) is 0 Å². The maximum absolute atomic E-state index is 12.9. The van der Waals surface area contributed by atoms with E-state index in [-0.39, 0.29) is 17.3 Å². The number of ketones is 3. The maximum Gasteiger partial charge on any atom is 0.178 e. The van der Waals surface area contributed by atoms with Crippen molar-refractivity contribution in [3.8, 4) is 0 Å². The summed E-state index contributed by atoms with van der Waals surface area (Å²) in [4.78, 5) is 38.4. The monoisotopic (exact) mass is 346 g/mol. The molecule has 1 saturated carbocycles. The zero-order chi connectivity index (χ0) is 18.3. The minimum atomic E-state index is -1.12. The lowest BCUT2D eigenvalue weighted by atomic mass is 9.93. The third-order valence-electron chi connectivity index (χ3n) is 5.81. The summed E-state index contributed by atoms with van der Waals surface area (Å²) in [5.41, 5.74) is 1.64. The Balaban J connectivity index is 1.51. The van der Waals surface area contributed by atoms with Crippen molar-refractivity contribution in [2.45, 2.75) is 39.0 Å². The van der Waals surface area contributed by atoms with E-state index in [0.717, 1.165) is 12.8 Å². The number of carbonyl (C=O) groups excluding carboxylic acids is 3. The van der Waals surface area contributed by atoms with E-state index in [2.05, 4.69) is 6.92 Å². The molecular formula is C23H22O3. The van der Waals surface area contributed by atoms with E-state index in [1.165, 1.54) is 18.4 Å². The molecule has 26 heavy (non-hydrogen) atoms. The Kier molecular flexibility index (Phi) is 4.10. The molecule has 0 aromatic heterocycles. The van der Waals surface area contributed by atoms with Gasteiger partial charge in [0.1, 0.15) is 5.41 Å². The summed E-state index contributed by atoms with van der Waals surface area (Å²) in [5, 5.41) is 0. The molecule has 1 spiro atoms. The lowest BCUT2D eigenvalue weighted by Crippen LogP contribution is -2.22. The Labute approximate surface area is 153 Å². The Morgan fingerprint density at radius 3 is 2.15 bits per heavy atom. The summed E-state index contributed by atoms with van der Waals surface area (Å²) in [6, 6.07) is 14.6. The maximum atomic E-state index is 12.9. The highest BCUT2D eigenvalue weighted by molar-refractivity contribution is 6.34. The molecule has 2 aromatic rings. The first-order valence-electron chi connectivity index (χ1n) is 9.41. The van der Waals surface area contributed by atoms with E-state index in [4.69, 9.17) is 0 Å².